The lowest BCUT2D eigenvalue weighted by Gasteiger charge is -2.00. The SMILES string of the molecule is CC[C@H]1O[C@H]1CCCCC=CCCCCCCCCCC(=O)O. The highest BCUT2D eigenvalue weighted by atomic mass is 16.6. The average Bonchev–Trinajstić information content (AvgIpc) is 3.29. The summed E-state index contributed by atoms with van der Waals surface area (Å²) in [5, 5.41) is 8.54. The molecule has 0 aromatic rings. The fourth-order valence-electron chi connectivity index (χ4n) is 3.06. The summed E-state index contributed by atoms with van der Waals surface area (Å²) >= 11 is 0. The predicted molar refractivity (Wildman–Crippen MR) is 95.7 cm³/mol. The fraction of sp³-hybridized carbons (Fsp3) is 0.850. The van der Waals surface area contributed by atoms with E-state index in [9.17, 15) is 4.79 Å². The summed E-state index contributed by atoms with van der Waals surface area (Å²) in [6, 6.07) is 0. The molecular formula is C20H36O3. The molecule has 0 amide bonds. The first kappa shape index (κ1) is 20.2. The Bertz CT molecular complexity index is 325. The van der Waals surface area contributed by atoms with Crippen LogP contribution in [0.15, 0.2) is 12.2 Å². The third-order valence-electron chi connectivity index (χ3n) is 4.63. The van der Waals surface area contributed by atoms with Crippen molar-refractivity contribution in [2.24, 2.45) is 0 Å². The van der Waals surface area contributed by atoms with E-state index in [4.69, 9.17) is 9.84 Å². The largest absolute Gasteiger partial charge is 0.481 e. The second-order valence-corrected chi connectivity index (χ2v) is 6.78. The maximum atomic E-state index is 10.4. The molecule has 0 spiro atoms. The van der Waals surface area contributed by atoms with Gasteiger partial charge in [0.1, 0.15) is 0 Å². The van der Waals surface area contributed by atoms with Crippen LogP contribution in [0.5, 0.6) is 0 Å². The molecule has 3 nitrogen and oxygen atoms in total. The van der Waals surface area contributed by atoms with Crippen molar-refractivity contribution < 1.29 is 14.6 Å². The van der Waals surface area contributed by atoms with Gasteiger partial charge in [-0.2, -0.15) is 0 Å². The number of rotatable bonds is 16. The molecule has 1 heterocycles. The number of carbonyl (C=O) groups is 1. The molecule has 1 rings (SSSR count). The molecule has 0 aliphatic carbocycles. The second-order valence-electron chi connectivity index (χ2n) is 6.78. The van der Waals surface area contributed by atoms with Gasteiger partial charge in [-0.25, -0.2) is 0 Å². The zero-order valence-electron chi connectivity index (χ0n) is 15.0. The van der Waals surface area contributed by atoms with Gasteiger partial charge in [0.15, 0.2) is 0 Å². The Morgan fingerprint density at radius 3 is 2.00 bits per heavy atom. The number of hydrogen-bond acceptors (Lipinski definition) is 2. The summed E-state index contributed by atoms with van der Waals surface area (Å²) in [5.74, 6) is -0.664. The molecule has 0 radical (unpaired) electrons. The minimum absolute atomic E-state index is 0.331. The third kappa shape index (κ3) is 12.3. The summed E-state index contributed by atoms with van der Waals surface area (Å²) in [6.45, 7) is 2.20. The Balaban J connectivity index is 1.71. The smallest absolute Gasteiger partial charge is 0.303 e. The molecule has 1 saturated heterocycles. The van der Waals surface area contributed by atoms with Gasteiger partial charge >= 0.3 is 5.97 Å². The topological polar surface area (TPSA) is 49.8 Å². The lowest BCUT2D eigenvalue weighted by molar-refractivity contribution is -0.137. The Hall–Kier alpha value is -0.830. The number of ether oxygens (including phenoxy) is 1. The molecule has 0 aromatic heterocycles. The third-order valence-corrected chi connectivity index (χ3v) is 4.63. The van der Waals surface area contributed by atoms with Crippen LogP contribution in [-0.4, -0.2) is 23.3 Å². The molecule has 23 heavy (non-hydrogen) atoms. The summed E-state index contributed by atoms with van der Waals surface area (Å²) in [5.41, 5.74) is 0. The lowest BCUT2D eigenvalue weighted by Crippen LogP contribution is -1.93. The van der Waals surface area contributed by atoms with Crippen molar-refractivity contribution in [2.45, 2.75) is 109 Å². The molecule has 0 bridgehead atoms. The van der Waals surface area contributed by atoms with Crippen molar-refractivity contribution in [2.75, 3.05) is 0 Å². The van der Waals surface area contributed by atoms with Crippen LogP contribution in [0.1, 0.15) is 96.8 Å². The summed E-state index contributed by atoms with van der Waals surface area (Å²) < 4.78 is 5.55. The zero-order valence-corrected chi connectivity index (χ0v) is 15.0. The molecule has 1 N–H and O–H groups in total. The molecule has 1 aliphatic heterocycles. The monoisotopic (exact) mass is 324 g/mol. The van der Waals surface area contributed by atoms with Gasteiger partial charge in [0.05, 0.1) is 12.2 Å². The molecule has 134 valence electrons. The van der Waals surface area contributed by atoms with E-state index in [-0.39, 0.29) is 0 Å². The van der Waals surface area contributed by atoms with E-state index >= 15 is 0 Å². The first-order valence-electron chi connectivity index (χ1n) is 9.76. The quantitative estimate of drug-likeness (QED) is 0.219. The van der Waals surface area contributed by atoms with Crippen LogP contribution in [-0.2, 0) is 9.53 Å². The molecule has 2 atom stereocenters. The standard InChI is InChI=1S/C20H36O3/c1-2-18-19(23-18)16-14-12-10-8-6-4-3-5-7-9-11-13-15-17-20(21)22/h6,8,18-19H,2-5,7,9-17H2,1H3,(H,21,22)/t18-,19+/m1/s1. The number of hydrogen-bond donors (Lipinski definition) is 1. The normalized spacial score (nSPS) is 20.2. The number of aliphatic carboxylic acids is 1. The summed E-state index contributed by atoms with van der Waals surface area (Å²) in [6.07, 6.45) is 21.8. The van der Waals surface area contributed by atoms with Gasteiger partial charge in [-0.15, -0.1) is 0 Å². The van der Waals surface area contributed by atoms with Crippen molar-refractivity contribution >= 4 is 5.97 Å². The van der Waals surface area contributed by atoms with E-state index in [0.717, 1.165) is 12.8 Å². The maximum absolute atomic E-state index is 10.4. The van der Waals surface area contributed by atoms with Crippen molar-refractivity contribution in [3.05, 3.63) is 12.2 Å². The van der Waals surface area contributed by atoms with Crippen LogP contribution in [0.25, 0.3) is 0 Å². The number of allylic oxidation sites excluding steroid dienone is 2. The lowest BCUT2D eigenvalue weighted by atomic mass is 10.1. The van der Waals surface area contributed by atoms with Gasteiger partial charge < -0.3 is 9.84 Å². The van der Waals surface area contributed by atoms with E-state index in [0.29, 0.717) is 18.6 Å². The molecule has 0 unspecified atom stereocenters. The number of unbranched alkanes of at least 4 members (excludes halogenated alkanes) is 9. The van der Waals surface area contributed by atoms with E-state index in [1.807, 2.05) is 0 Å². The Kier molecular flexibility index (Phi) is 11.9. The second kappa shape index (κ2) is 13.6. The Labute approximate surface area is 142 Å². The van der Waals surface area contributed by atoms with Gasteiger partial charge in [-0.05, 0) is 44.9 Å². The predicted octanol–water partition coefficient (Wildman–Crippen LogP) is 5.88. The van der Waals surface area contributed by atoms with Crippen LogP contribution >= 0.6 is 0 Å². The van der Waals surface area contributed by atoms with Gasteiger partial charge in [-0.3, -0.25) is 4.79 Å². The highest BCUT2D eigenvalue weighted by Crippen LogP contribution is 2.29. The molecule has 1 fully saturated rings. The number of carboxylic acid groups (broad SMARTS) is 1. The van der Waals surface area contributed by atoms with Crippen LogP contribution in [0.3, 0.4) is 0 Å². The minimum Gasteiger partial charge on any atom is -0.481 e. The van der Waals surface area contributed by atoms with Gasteiger partial charge in [-0.1, -0.05) is 57.6 Å². The summed E-state index contributed by atoms with van der Waals surface area (Å²) in [4.78, 5) is 10.4. The van der Waals surface area contributed by atoms with Gasteiger partial charge in [0.2, 0.25) is 0 Å². The number of carboxylic acids is 1. The molecular weight excluding hydrogens is 288 g/mol. The highest BCUT2D eigenvalue weighted by Gasteiger charge is 2.35. The van der Waals surface area contributed by atoms with Crippen LogP contribution in [0.2, 0.25) is 0 Å². The van der Waals surface area contributed by atoms with Crippen molar-refractivity contribution in [3.8, 4) is 0 Å². The highest BCUT2D eigenvalue weighted by molar-refractivity contribution is 5.66. The van der Waals surface area contributed by atoms with Crippen LogP contribution in [0, 0.1) is 0 Å². The summed E-state index contributed by atoms with van der Waals surface area (Å²) in [7, 11) is 0. The zero-order chi connectivity index (χ0) is 16.8. The maximum Gasteiger partial charge on any atom is 0.303 e. The fourth-order valence-corrected chi connectivity index (χ4v) is 3.06. The van der Waals surface area contributed by atoms with E-state index in [1.54, 1.807) is 0 Å². The molecule has 0 aromatic carbocycles. The van der Waals surface area contributed by atoms with Crippen LogP contribution < -0.4 is 0 Å². The number of epoxide rings is 1. The molecule has 1 aliphatic rings. The van der Waals surface area contributed by atoms with Gasteiger partial charge in [0, 0.05) is 6.42 Å². The van der Waals surface area contributed by atoms with Crippen molar-refractivity contribution in [3.63, 3.8) is 0 Å². The minimum atomic E-state index is -0.664. The van der Waals surface area contributed by atoms with Gasteiger partial charge in [0.25, 0.3) is 0 Å². The van der Waals surface area contributed by atoms with Crippen molar-refractivity contribution in [1.29, 1.82) is 0 Å². The Morgan fingerprint density at radius 2 is 1.43 bits per heavy atom. The molecule has 0 saturated carbocycles. The first-order chi connectivity index (χ1) is 11.2. The molecule has 3 heteroatoms. The van der Waals surface area contributed by atoms with E-state index in [1.165, 1.54) is 70.6 Å². The Morgan fingerprint density at radius 1 is 0.870 bits per heavy atom. The van der Waals surface area contributed by atoms with E-state index < -0.39 is 5.97 Å². The first-order valence-corrected chi connectivity index (χ1v) is 9.76. The average molecular weight is 325 g/mol. The van der Waals surface area contributed by atoms with Crippen molar-refractivity contribution in [1.82, 2.24) is 0 Å². The van der Waals surface area contributed by atoms with Crippen LogP contribution in [0.4, 0.5) is 0 Å². The van der Waals surface area contributed by atoms with E-state index in [2.05, 4.69) is 19.1 Å².